The monoisotopic (exact) mass is 243 g/mol. The van der Waals surface area contributed by atoms with Crippen molar-refractivity contribution in [2.45, 2.75) is 13.3 Å². The molecular weight excluding hydrogens is 226 g/mol. The van der Waals surface area contributed by atoms with E-state index in [1.54, 1.807) is 11.9 Å². The molecule has 0 aliphatic carbocycles. The maximum atomic E-state index is 11.4. The van der Waals surface area contributed by atoms with Crippen LogP contribution in [0.3, 0.4) is 0 Å². The average Bonchev–Trinajstić information content (AvgIpc) is 2.72. The molecule has 0 N–H and O–H groups in total. The van der Waals surface area contributed by atoms with E-state index < -0.39 is 0 Å². The van der Waals surface area contributed by atoms with E-state index >= 15 is 0 Å². The van der Waals surface area contributed by atoms with E-state index in [1.165, 1.54) is 6.08 Å². The third-order valence-electron chi connectivity index (χ3n) is 3.17. The summed E-state index contributed by atoms with van der Waals surface area (Å²) in [6.07, 6.45) is 2.04. The molecule has 2 rings (SSSR count). The highest BCUT2D eigenvalue weighted by atomic mass is 16.3. The zero-order valence-electron chi connectivity index (χ0n) is 10.8. The number of hydrogen-bond donors (Lipinski definition) is 0. The van der Waals surface area contributed by atoms with Crippen molar-refractivity contribution in [3.63, 3.8) is 0 Å². The Kier molecular flexibility index (Phi) is 3.51. The van der Waals surface area contributed by atoms with Crippen LogP contribution in [-0.2, 0) is 11.2 Å². The van der Waals surface area contributed by atoms with E-state index in [4.69, 9.17) is 4.42 Å². The molecule has 1 aromatic heterocycles. The molecule has 1 aromatic carbocycles. The second kappa shape index (κ2) is 5.08. The molecule has 18 heavy (non-hydrogen) atoms. The molecule has 0 spiro atoms. The average molecular weight is 243 g/mol. The molecule has 0 saturated carbocycles. The van der Waals surface area contributed by atoms with Gasteiger partial charge in [-0.15, -0.1) is 0 Å². The lowest BCUT2D eigenvalue weighted by Gasteiger charge is -2.13. The number of nitrogens with zero attached hydrogens (tertiary/aromatic N) is 1. The molecule has 1 heterocycles. The Morgan fingerprint density at radius 1 is 1.44 bits per heavy atom. The third-order valence-corrected chi connectivity index (χ3v) is 3.17. The number of carbonyl (C=O) groups is 1. The van der Waals surface area contributed by atoms with Gasteiger partial charge in [0.05, 0.1) is 0 Å². The van der Waals surface area contributed by atoms with Gasteiger partial charge in [0.25, 0.3) is 0 Å². The van der Waals surface area contributed by atoms with Crippen LogP contribution in [0.4, 0.5) is 0 Å². The van der Waals surface area contributed by atoms with Gasteiger partial charge >= 0.3 is 0 Å². The number of hydrogen-bond acceptors (Lipinski definition) is 2. The molecule has 2 aromatic rings. The largest absolute Gasteiger partial charge is 0.461 e. The molecule has 3 nitrogen and oxygen atoms in total. The van der Waals surface area contributed by atoms with Crippen molar-refractivity contribution in [1.29, 1.82) is 0 Å². The van der Waals surface area contributed by atoms with Gasteiger partial charge in [0.15, 0.2) is 0 Å². The van der Waals surface area contributed by atoms with Gasteiger partial charge in [0.2, 0.25) is 5.91 Å². The molecule has 0 aliphatic heterocycles. The number of likely N-dealkylation sites (N-methyl/N-ethyl adjacent to an activating group) is 1. The van der Waals surface area contributed by atoms with Crippen LogP contribution in [0.5, 0.6) is 0 Å². The van der Waals surface area contributed by atoms with Crippen molar-refractivity contribution < 1.29 is 9.21 Å². The molecule has 0 saturated heterocycles. The normalized spacial score (nSPS) is 10.6. The summed E-state index contributed by atoms with van der Waals surface area (Å²) in [6, 6.07) is 7.98. The van der Waals surface area contributed by atoms with Gasteiger partial charge < -0.3 is 9.32 Å². The first-order valence-electron chi connectivity index (χ1n) is 5.98. The fourth-order valence-electron chi connectivity index (χ4n) is 2.00. The van der Waals surface area contributed by atoms with Gasteiger partial charge in [-0.25, -0.2) is 0 Å². The number of amides is 1. The van der Waals surface area contributed by atoms with E-state index in [1.807, 2.05) is 18.2 Å². The van der Waals surface area contributed by atoms with Gasteiger partial charge in [0, 0.05) is 25.4 Å². The number of rotatable bonds is 4. The van der Waals surface area contributed by atoms with Crippen LogP contribution in [-0.4, -0.2) is 24.4 Å². The fourth-order valence-corrected chi connectivity index (χ4v) is 2.00. The first-order valence-corrected chi connectivity index (χ1v) is 5.98. The number of benzene rings is 1. The van der Waals surface area contributed by atoms with E-state index in [-0.39, 0.29) is 5.91 Å². The summed E-state index contributed by atoms with van der Waals surface area (Å²) >= 11 is 0. The van der Waals surface area contributed by atoms with Gasteiger partial charge in [-0.1, -0.05) is 24.8 Å². The molecule has 0 bridgehead atoms. The van der Waals surface area contributed by atoms with Crippen LogP contribution < -0.4 is 0 Å². The Morgan fingerprint density at radius 3 is 2.83 bits per heavy atom. The Bertz CT molecular complexity index is 583. The molecular formula is C15H17NO2. The van der Waals surface area contributed by atoms with E-state index in [0.29, 0.717) is 6.54 Å². The van der Waals surface area contributed by atoms with E-state index in [0.717, 1.165) is 28.7 Å². The Hall–Kier alpha value is -2.03. The summed E-state index contributed by atoms with van der Waals surface area (Å²) in [5.74, 6) is 0.878. The lowest BCUT2D eigenvalue weighted by Crippen LogP contribution is -2.26. The predicted octanol–water partition coefficient (Wildman–Crippen LogP) is 2.93. The van der Waals surface area contributed by atoms with E-state index in [9.17, 15) is 4.79 Å². The minimum Gasteiger partial charge on any atom is -0.461 e. The minimum absolute atomic E-state index is 0.0660. The summed E-state index contributed by atoms with van der Waals surface area (Å²) in [6.45, 7) is 6.16. The molecule has 3 heteroatoms. The van der Waals surface area contributed by atoms with E-state index in [2.05, 4.69) is 19.6 Å². The van der Waals surface area contributed by atoms with Crippen LogP contribution in [0.1, 0.15) is 11.3 Å². The molecule has 0 radical (unpaired) electrons. The Morgan fingerprint density at radius 2 is 2.17 bits per heavy atom. The Labute approximate surface area is 107 Å². The van der Waals surface area contributed by atoms with Crippen LogP contribution in [0, 0.1) is 6.92 Å². The number of furan rings is 1. The highest BCUT2D eigenvalue weighted by Crippen LogP contribution is 2.25. The van der Waals surface area contributed by atoms with Gasteiger partial charge in [-0.3, -0.25) is 4.79 Å². The summed E-state index contributed by atoms with van der Waals surface area (Å²) in [4.78, 5) is 13.0. The maximum Gasteiger partial charge on any atom is 0.245 e. The van der Waals surface area contributed by atoms with Crippen molar-refractivity contribution in [2.24, 2.45) is 0 Å². The molecule has 94 valence electrons. The highest BCUT2D eigenvalue weighted by Gasteiger charge is 2.11. The van der Waals surface area contributed by atoms with Crippen LogP contribution in [0.15, 0.2) is 41.3 Å². The molecule has 0 fully saturated rings. The first kappa shape index (κ1) is 12.4. The standard InChI is InChI=1S/C15H17NO2/c1-4-15(17)16(3)10-9-13-11(2)12-7-5-6-8-14(12)18-13/h4-8H,1,9-10H2,2-3H3. The summed E-state index contributed by atoms with van der Waals surface area (Å²) in [5.41, 5.74) is 2.06. The van der Waals surface area contributed by atoms with Crippen LogP contribution in [0.25, 0.3) is 11.0 Å². The smallest absolute Gasteiger partial charge is 0.245 e. The van der Waals surface area contributed by atoms with Crippen LogP contribution >= 0.6 is 0 Å². The second-order valence-corrected chi connectivity index (χ2v) is 4.36. The highest BCUT2D eigenvalue weighted by molar-refractivity contribution is 5.86. The number of carbonyl (C=O) groups excluding carboxylic acids is 1. The summed E-state index contributed by atoms with van der Waals surface area (Å²) < 4.78 is 5.80. The fraction of sp³-hybridized carbons (Fsp3) is 0.267. The summed E-state index contributed by atoms with van der Waals surface area (Å²) in [5, 5.41) is 1.14. The van der Waals surface area contributed by atoms with Crippen molar-refractivity contribution in [2.75, 3.05) is 13.6 Å². The third kappa shape index (κ3) is 2.30. The van der Waals surface area contributed by atoms with Gasteiger partial charge in [-0.2, -0.15) is 0 Å². The quantitative estimate of drug-likeness (QED) is 0.774. The minimum atomic E-state index is -0.0660. The van der Waals surface area contributed by atoms with Crippen LogP contribution in [0.2, 0.25) is 0 Å². The second-order valence-electron chi connectivity index (χ2n) is 4.36. The van der Waals surface area contributed by atoms with Crippen molar-refractivity contribution >= 4 is 16.9 Å². The number of fused-ring (bicyclic) bond motifs is 1. The van der Waals surface area contributed by atoms with Crippen molar-refractivity contribution in [1.82, 2.24) is 4.90 Å². The zero-order valence-corrected chi connectivity index (χ0v) is 10.8. The summed E-state index contributed by atoms with van der Waals surface area (Å²) in [7, 11) is 1.77. The topological polar surface area (TPSA) is 33.5 Å². The molecule has 0 aliphatic rings. The van der Waals surface area contributed by atoms with Crippen molar-refractivity contribution in [3.8, 4) is 0 Å². The Balaban J connectivity index is 2.15. The predicted molar refractivity (Wildman–Crippen MR) is 72.5 cm³/mol. The lowest BCUT2D eigenvalue weighted by atomic mass is 10.1. The SMILES string of the molecule is C=CC(=O)N(C)CCc1oc2ccccc2c1C. The number of para-hydroxylation sites is 1. The van der Waals surface area contributed by atoms with Gasteiger partial charge in [-0.05, 0) is 24.6 Å². The maximum absolute atomic E-state index is 11.4. The number of aryl methyl sites for hydroxylation is 1. The van der Waals surface area contributed by atoms with Gasteiger partial charge in [0.1, 0.15) is 11.3 Å². The molecule has 0 unspecified atom stereocenters. The molecule has 1 amide bonds. The first-order chi connectivity index (χ1) is 8.63. The zero-order chi connectivity index (χ0) is 13.1. The lowest BCUT2D eigenvalue weighted by molar-refractivity contribution is -0.124. The molecule has 0 atom stereocenters. The van der Waals surface area contributed by atoms with Crippen molar-refractivity contribution in [3.05, 3.63) is 48.2 Å².